The van der Waals surface area contributed by atoms with Gasteiger partial charge in [0.25, 0.3) is 5.91 Å². The van der Waals surface area contributed by atoms with E-state index in [2.05, 4.69) is 20.9 Å². The molecule has 0 aromatic carbocycles. The van der Waals surface area contributed by atoms with Gasteiger partial charge in [-0.2, -0.15) is 5.26 Å². The molecule has 0 bridgehead atoms. The van der Waals surface area contributed by atoms with Gasteiger partial charge in [-0.25, -0.2) is 4.98 Å². The lowest BCUT2D eigenvalue weighted by molar-refractivity contribution is 0.0798. The summed E-state index contributed by atoms with van der Waals surface area (Å²) in [5, 5.41) is 9.30. The molecule has 0 fully saturated rings. The average Bonchev–Trinajstić information content (AvgIpc) is 2.28. The van der Waals surface area contributed by atoms with Crippen molar-refractivity contribution >= 4 is 21.8 Å². The Bertz CT molecular complexity index is 383. The molecule has 0 saturated carbocycles. The highest BCUT2D eigenvalue weighted by Gasteiger charge is 2.11. The fourth-order valence-corrected chi connectivity index (χ4v) is 1.54. The maximum Gasteiger partial charge on any atom is 0.272 e. The van der Waals surface area contributed by atoms with Crippen LogP contribution in [-0.4, -0.2) is 34.7 Å². The van der Waals surface area contributed by atoms with Crippen molar-refractivity contribution in [1.82, 2.24) is 9.88 Å². The number of hydrogen-bond donors (Lipinski definition) is 0. The Balaban J connectivity index is 2.79. The number of nitriles is 1. The molecule has 4 nitrogen and oxygen atoms in total. The zero-order valence-electron chi connectivity index (χ0n) is 8.27. The maximum atomic E-state index is 11.7. The topological polar surface area (TPSA) is 57.0 Å². The Kier molecular flexibility index (Phi) is 4.25. The van der Waals surface area contributed by atoms with Crippen LogP contribution in [0.4, 0.5) is 0 Å². The Labute approximate surface area is 96.7 Å². The number of amides is 1. The van der Waals surface area contributed by atoms with Crippen LogP contribution in [0.3, 0.4) is 0 Å². The number of halogens is 1. The Morgan fingerprint density at radius 3 is 2.87 bits per heavy atom. The van der Waals surface area contributed by atoms with Crippen molar-refractivity contribution in [3.8, 4) is 6.07 Å². The molecule has 0 aliphatic heterocycles. The summed E-state index contributed by atoms with van der Waals surface area (Å²) in [6.07, 6.45) is 1.40. The number of aromatic nitrogens is 1. The van der Waals surface area contributed by atoms with E-state index in [0.717, 1.165) is 5.33 Å². The van der Waals surface area contributed by atoms with Crippen molar-refractivity contribution in [1.29, 1.82) is 5.26 Å². The summed E-state index contributed by atoms with van der Waals surface area (Å²) in [7, 11) is 1.71. The summed E-state index contributed by atoms with van der Waals surface area (Å²) < 4.78 is 0. The van der Waals surface area contributed by atoms with E-state index in [0.29, 0.717) is 17.8 Å². The zero-order valence-corrected chi connectivity index (χ0v) is 9.86. The van der Waals surface area contributed by atoms with Gasteiger partial charge in [0.1, 0.15) is 11.8 Å². The predicted octanol–water partition coefficient (Wildman–Crippen LogP) is 1.42. The first kappa shape index (κ1) is 11.7. The molecular weight excluding hydrogens is 258 g/mol. The molecule has 5 heteroatoms. The normalized spacial score (nSPS) is 9.40. The number of rotatable bonds is 3. The van der Waals surface area contributed by atoms with Gasteiger partial charge in [-0.1, -0.05) is 15.9 Å². The third-order valence-corrected chi connectivity index (χ3v) is 2.23. The van der Waals surface area contributed by atoms with Crippen molar-refractivity contribution < 1.29 is 4.79 Å². The van der Waals surface area contributed by atoms with Crippen molar-refractivity contribution in [2.75, 3.05) is 18.9 Å². The van der Waals surface area contributed by atoms with Gasteiger partial charge in [0.2, 0.25) is 0 Å². The molecule has 0 saturated heterocycles. The molecular formula is C10H10BrN3O. The average molecular weight is 268 g/mol. The maximum absolute atomic E-state index is 11.7. The van der Waals surface area contributed by atoms with E-state index >= 15 is 0 Å². The second kappa shape index (κ2) is 5.47. The van der Waals surface area contributed by atoms with Crippen LogP contribution in [0.25, 0.3) is 0 Å². The molecule has 0 N–H and O–H groups in total. The standard InChI is InChI=1S/C10H10BrN3O/c1-14(5-4-11)10(15)9-3-2-8(6-12)7-13-9/h2-3,7H,4-5H2,1H3. The number of hydrogen-bond acceptors (Lipinski definition) is 3. The van der Waals surface area contributed by atoms with Crippen LogP contribution in [0.1, 0.15) is 16.1 Å². The third kappa shape index (κ3) is 3.03. The molecule has 0 atom stereocenters. The van der Waals surface area contributed by atoms with Crippen LogP contribution >= 0.6 is 15.9 Å². The molecule has 1 aromatic rings. The van der Waals surface area contributed by atoms with Crippen LogP contribution in [-0.2, 0) is 0 Å². The van der Waals surface area contributed by atoms with E-state index in [1.807, 2.05) is 6.07 Å². The zero-order chi connectivity index (χ0) is 11.3. The summed E-state index contributed by atoms with van der Waals surface area (Å²) >= 11 is 3.26. The molecule has 15 heavy (non-hydrogen) atoms. The molecule has 0 aliphatic rings. The van der Waals surface area contributed by atoms with Crippen LogP contribution in [0.5, 0.6) is 0 Å². The SMILES string of the molecule is CN(CCBr)C(=O)c1ccc(C#N)cn1. The molecule has 1 aromatic heterocycles. The third-order valence-electron chi connectivity index (χ3n) is 1.88. The highest BCUT2D eigenvalue weighted by Crippen LogP contribution is 2.02. The van der Waals surface area contributed by atoms with Gasteiger partial charge < -0.3 is 4.90 Å². The van der Waals surface area contributed by atoms with Crippen molar-refractivity contribution in [2.24, 2.45) is 0 Å². The number of nitrogens with zero attached hydrogens (tertiary/aromatic N) is 3. The minimum atomic E-state index is -0.140. The molecule has 1 rings (SSSR count). The fourth-order valence-electron chi connectivity index (χ4n) is 1.01. The van der Waals surface area contributed by atoms with Gasteiger partial charge >= 0.3 is 0 Å². The smallest absolute Gasteiger partial charge is 0.272 e. The molecule has 0 radical (unpaired) electrons. The van der Waals surface area contributed by atoms with Gasteiger partial charge in [-0.15, -0.1) is 0 Å². The Hall–Kier alpha value is -1.41. The van der Waals surface area contributed by atoms with E-state index in [1.165, 1.54) is 6.20 Å². The first-order chi connectivity index (χ1) is 7.19. The van der Waals surface area contributed by atoms with E-state index in [1.54, 1.807) is 24.1 Å². The fraction of sp³-hybridized carbons (Fsp3) is 0.300. The predicted molar refractivity (Wildman–Crippen MR) is 59.7 cm³/mol. The second-order valence-corrected chi connectivity index (χ2v) is 3.75. The molecule has 0 aliphatic carbocycles. The van der Waals surface area contributed by atoms with E-state index < -0.39 is 0 Å². The van der Waals surface area contributed by atoms with Crippen molar-refractivity contribution in [3.05, 3.63) is 29.6 Å². The van der Waals surface area contributed by atoms with E-state index in [4.69, 9.17) is 5.26 Å². The second-order valence-electron chi connectivity index (χ2n) is 2.96. The summed E-state index contributed by atoms with van der Waals surface area (Å²) in [4.78, 5) is 17.2. The molecule has 1 heterocycles. The first-order valence-corrected chi connectivity index (χ1v) is 5.48. The van der Waals surface area contributed by atoms with Gasteiger partial charge in [0.15, 0.2) is 0 Å². The van der Waals surface area contributed by atoms with Crippen molar-refractivity contribution in [2.45, 2.75) is 0 Å². The van der Waals surface area contributed by atoms with Gasteiger partial charge in [0.05, 0.1) is 5.56 Å². The number of carbonyl (C=O) groups is 1. The van der Waals surface area contributed by atoms with Crippen molar-refractivity contribution in [3.63, 3.8) is 0 Å². The quantitative estimate of drug-likeness (QED) is 0.779. The Morgan fingerprint density at radius 1 is 1.67 bits per heavy atom. The van der Waals surface area contributed by atoms with Gasteiger partial charge in [0, 0.05) is 25.1 Å². The highest BCUT2D eigenvalue weighted by atomic mass is 79.9. The van der Waals surface area contributed by atoms with Crippen LogP contribution in [0.2, 0.25) is 0 Å². The lowest BCUT2D eigenvalue weighted by Gasteiger charge is -2.14. The Morgan fingerprint density at radius 2 is 2.40 bits per heavy atom. The lowest BCUT2D eigenvalue weighted by atomic mass is 10.2. The highest BCUT2D eigenvalue weighted by molar-refractivity contribution is 9.09. The monoisotopic (exact) mass is 267 g/mol. The largest absolute Gasteiger partial charge is 0.340 e. The summed E-state index contributed by atoms with van der Waals surface area (Å²) in [5.74, 6) is -0.140. The number of alkyl halides is 1. The van der Waals surface area contributed by atoms with Crippen LogP contribution in [0, 0.1) is 11.3 Å². The minimum absolute atomic E-state index is 0.140. The number of carbonyl (C=O) groups excluding carboxylic acids is 1. The number of pyridine rings is 1. The van der Waals surface area contributed by atoms with E-state index in [9.17, 15) is 4.79 Å². The van der Waals surface area contributed by atoms with E-state index in [-0.39, 0.29) is 5.91 Å². The molecule has 78 valence electrons. The summed E-state index contributed by atoms with van der Waals surface area (Å²) in [6, 6.07) is 5.10. The summed E-state index contributed by atoms with van der Waals surface area (Å²) in [6.45, 7) is 0.626. The van der Waals surface area contributed by atoms with Crippen LogP contribution < -0.4 is 0 Å². The van der Waals surface area contributed by atoms with Gasteiger partial charge in [-0.3, -0.25) is 4.79 Å². The molecule has 1 amide bonds. The first-order valence-electron chi connectivity index (χ1n) is 4.36. The van der Waals surface area contributed by atoms with Gasteiger partial charge in [-0.05, 0) is 12.1 Å². The summed E-state index contributed by atoms with van der Waals surface area (Å²) in [5.41, 5.74) is 0.812. The van der Waals surface area contributed by atoms with Crippen LogP contribution in [0.15, 0.2) is 18.3 Å². The minimum Gasteiger partial charge on any atom is -0.340 e. The molecule has 0 spiro atoms. The lowest BCUT2D eigenvalue weighted by Crippen LogP contribution is -2.29. The molecule has 0 unspecified atom stereocenters.